The van der Waals surface area contributed by atoms with Gasteiger partial charge in [0.05, 0.1) is 17.7 Å². The third-order valence-corrected chi connectivity index (χ3v) is 2.31. The maximum absolute atomic E-state index is 11.0. The zero-order valence-electron chi connectivity index (χ0n) is 11.2. The molecule has 0 amide bonds. The first-order chi connectivity index (χ1) is 9.65. The van der Waals surface area contributed by atoms with E-state index in [4.69, 9.17) is 9.84 Å². The Morgan fingerprint density at radius 3 is 1.70 bits per heavy atom. The van der Waals surface area contributed by atoms with Gasteiger partial charge in [-0.25, -0.2) is 9.59 Å². The van der Waals surface area contributed by atoms with Gasteiger partial charge in [0.2, 0.25) is 0 Å². The number of carboxylic acids is 1. The second-order valence-electron chi connectivity index (χ2n) is 3.76. The summed E-state index contributed by atoms with van der Waals surface area (Å²) >= 11 is 0. The lowest BCUT2D eigenvalue weighted by Gasteiger charge is -1.99. The highest BCUT2D eigenvalue weighted by molar-refractivity contribution is 5.89. The van der Waals surface area contributed by atoms with Crippen LogP contribution in [0.3, 0.4) is 0 Å². The Hall–Kier alpha value is -2.62. The zero-order valence-corrected chi connectivity index (χ0v) is 11.2. The summed E-state index contributed by atoms with van der Waals surface area (Å²) in [6.07, 6.45) is 0. The molecule has 2 rings (SSSR count). The largest absolute Gasteiger partial charge is 0.478 e. The number of esters is 1. The molecule has 0 aliphatic heterocycles. The van der Waals surface area contributed by atoms with Crippen LogP contribution in [0.4, 0.5) is 0 Å². The molecule has 1 N–H and O–H groups in total. The number of ether oxygens (including phenoxy) is 1. The minimum atomic E-state index is -0.879. The highest BCUT2D eigenvalue weighted by Gasteiger charge is 2.02. The minimum Gasteiger partial charge on any atom is -0.478 e. The van der Waals surface area contributed by atoms with Crippen molar-refractivity contribution >= 4 is 11.9 Å². The first-order valence-electron chi connectivity index (χ1n) is 6.15. The maximum atomic E-state index is 11.0. The van der Waals surface area contributed by atoms with Crippen molar-refractivity contribution < 1.29 is 19.4 Å². The van der Waals surface area contributed by atoms with Crippen LogP contribution in [-0.4, -0.2) is 23.7 Å². The van der Waals surface area contributed by atoms with Crippen molar-refractivity contribution in [3.05, 3.63) is 71.8 Å². The van der Waals surface area contributed by atoms with E-state index in [1.807, 2.05) is 18.2 Å². The van der Waals surface area contributed by atoms with Gasteiger partial charge in [0, 0.05) is 0 Å². The standard InChI is InChI=1S/C9H10O2.C7H6O2/c1-2-11-9(10)8-6-4-3-5-7-8;8-7(9)6-4-2-1-3-5-6/h3-7H,2H2,1H3;1-5H,(H,8,9). The normalized spacial score (nSPS) is 9.05. The molecule has 0 unspecified atom stereocenters. The molecule has 0 aliphatic carbocycles. The Kier molecular flexibility index (Phi) is 6.54. The molecule has 0 radical (unpaired) electrons. The number of hydrogen-bond donors (Lipinski definition) is 1. The first kappa shape index (κ1) is 15.4. The minimum absolute atomic E-state index is 0.256. The molecular formula is C16H16O4. The molecule has 0 saturated heterocycles. The van der Waals surface area contributed by atoms with Gasteiger partial charge in [-0.3, -0.25) is 0 Å². The summed E-state index contributed by atoms with van der Waals surface area (Å²) in [6, 6.07) is 17.3. The molecule has 2 aromatic carbocycles. The molecule has 0 bridgehead atoms. The fourth-order valence-electron chi connectivity index (χ4n) is 1.37. The van der Waals surface area contributed by atoms with Crippen molar-refractivity contribution in [3.63, 3.8) is 0 Å². The SMILES string of the molecule is CCOC(=O)c1ccccc1.O=C(O)c1ccccc1. The van der Waals surface area contributed by atoms with Crippen LogP contribution in [0, 0.1) is 0 Å². The number of carbonyl (C=O) groups is 2. The number of rotatable bonds is 3. The molecule has 0 aliphatic rings. The van der Waals surface area contributed by atoms with Crippen LogP contribution >= 0.6 is 0 Å². The van der Waals surface area contributed by atoms with E-state index >= 15 is 0 Å². The molecule has 0 heterocycles. The summed E-state index contributed by atoms with van der Waals surface area (Å²) in [6.45, 7) is 2.22. The third kappa shape index (κ3) is 5.35. The van der Waals surface area contributed by atoms with Gasteiger partial charge in [0.15, 0.2) is 0 Å². The van der Waals surface area contributed by atoms with E-state index in [1.54, 1.807) is 49.4 Å². The molecule has 4 heteroatoms. The van der Waals surface area contributed by atoms with E-state index in [1.165, 1.54) is 0 Å². The van der Waals surface area contributed by atoms with Crippen molar-refractivity contribution in [1.29, 1.82) is 0 Å². The van der Waals surface area contributed by atoms with E-state index in [9.17, 15) is 9.59 Å². The molecule has 20 heavy (non-hydrogen) atoms. The second kappa shape index (κ2) is 8.48. The molecule has 0 fully saturated rings. The Morgan fingerprint density at radius 2 is 1.35 bits per heavy atom. The van der Waals surface area contributed by atoms with E-state index in [2.05, 4.69) is 0 Å². The van der Waals surface area contributed by atoms with Crippen LogP contribution in [0.1, 0.15) is 27.6 Å². The Bertz CT molecular complexity index is 535. The summed E-state index contributed by atoms with van der Waals surface area (Å²) < 4.78 is 4.79. The van der Waals surface area contributed by atoms with E-state index < -0.39 is 5.97 Å². The average molecular weight is 272 g/mol. The Labute approximate surface area is 117 Å². The monoisotopic (exact) mass is 272 g/mol. The topological polar surface area (TPSA) is 63.6 Å². The van der Waals surface area contributed by atoms with Crippen molar-refractivity contribution in [1.82, 2.24) is 0 Å². The van der Waals surface area contributed by atoms with Crippen LogP contribution in [0.15, 0.2) is 60.7 Å². The summed E-state index contributed by atoms with van der Waals surface area (Å²) in [5.74, 6) is -1.14. The van der Waals surface area contributed by atoms with E-state index in [-0.39, 0.29) is 5.97 Å². The Morgan fingerprint density at radius 1 is 0.900 bits per heavy atom. The van der Waals surface area contributed by atoms with Crippen LogP contribution in [0.5, 0.6) is 0 Å². The van der Waals surface area contributed by atoms with Crippen LogP contribution < -0.4 is 0 Å². The predicted octanol–water partition coefficient (Wildman–Crippen LogP) is 3.25. The van der Waals surface area contributed by atoms with Gasteiger partial charge in [-0.15, -0.1) is 0 Å². The van der Waals surface area contributed by atoms with Gasteiger partial charge in [-0.05, 0) is 31.2 Å². The van der Waals surface area contributed by atoms with E-state index in [0.29, 0.717) is 17.7 Å². The molecule has 104 valence electrons. The molecule has 4 nitrogen and oxygen atoms in total. The smallest absolute Gasteiger partial charge is 0.338 e. The highest BCUT2D eigenvalue weighted by atomic mass is 16.5. The quantitative estimate of drug-likeness (QED) is 0.871. The van der Waals surface area contributed by atoms with Crippen molar-refractivity contribution in [2.24, 2.45) is 0 Å². The number of aromatic carboxylic acids is 1. The fraction of sp³-hybridized carbons (Fsp3) is 0.125. The third-order valence-electron chi connectivity index (χ3n) is 2.31. The van der Waals surface area contributed by atoms with E-state index in [0.717, 1.165) is 0 Å². The van der Waals surface area contributed by atoms with Crippen molar-refractivity contribution in [2.75, 3.05) is 6.61 Å². The summed E-state index contributed by atoms with van der Waals surface area (Å²) in [7, 11) is 0. The highest BCUT2D eigenvalue weighted by Crippen LogP contribution is 2.00. The number of carbonyl (C=O) groups excluding carboxylic acids is 1. The van der Waals surface area contributed by atoms with Crippen LogP contribution in [-0.2, 0) is 4.74 Å². The summed E-state index contributed by atoms with van der Waals surface area (Å²) in [4.78, 5) is 21.2. The van der Waals surface area contributed by atoms with Crippen LogP contribution in [0.2, 0.25) is 0 Å². The average Bonchev–Trinajstić information content (AvgIpc) is 2.50. The lowest BCUT2D eigenvalue weighted by Crippen LogP contribution is -2.03. The second-order valence-corrected chi connectivity index (χ2v) is 3.76. The Balaban J connectivity index is 0.000000204. The molecular weight excluding hydrogens is 256 g/mol. The summed E-state index contributed by atoms with van der Waals surface area (Å²) in [5.41, 5.74) is 0.937. The molecule has 0 aromatic heterocycles. The first-order valence-corrected chi connectivity index (χ1v) is 6.15. The van der Waals surface area contributed by atoms with Crippen molar-refractivity contribution in [3.8, 4) is 0 Å². The summed E-state index contributed by atoms with van der Waals surface area (Å²) in [5, 5.41) is 8.38. The zero-order chi connectivity index (χ0) is 14.8. The molecule has 0 atom stereocenters. The molecule has 0 spiro atoms. The van der Waals surface area contributed by atoms with Crippen LogP contribution in [0.25, 0.3) is 0 Å². The van der Waals surface area contributed by atoms with Gasteiger partial charge >= 0.3 is 11.9 Å². The maximum Gasteiger partial charge on any atom is 0.338 e. The van der Waals surface area contributed by atoms with Gasteiger partial charge < -0.3 is 9.84 Å². The number of benzene rings is 2. The van der Waals surface area contributed by atoms with Gasteiger partial charge in [0.1, 0.15) is 0 Å². The predicted molar refractivity (Wildman–Crippen MR) is 75.8 cm³/mol. The van der Waals surface area contributed by atoms with Crippen molar-refractivity contribution in [2.45, 2.75) is 6.92 Å². The molecule has 0 saturated carbocycles. The number of hydrogen-bond acceptors (Lipinski definition) is 3. The lowest BCUT2D eigenvalue weighted by molar-refractivity contribution is 0.0526. The van der Waals surface area contributed by atoms with Gasteiger partial charge in [-0.2, -0.15) is 0 Å². The lowest BCUT2D eigenvalue weighted by atomic mass is 10.2. The molecule has 2 aromatic rings. The van der Waals surface area contributed by atoms with Gasteiger partial charge in [-0.1, -0.05) is 36.4 Å². The van der Waals surface area contributed by atoms with Gasteiger partial charge in [0.25, 0.3) is 0 Å². The number of carboxylic acid groups (broad SMARTS) is 1. The fourth-order valence-corrected chi connectivity index (χ4v) is 1.37.